The molecular formula is C19H20N2OS6. The molecular weight excluding hydrogens is 465 g/mol. The normalized spacial score (nSPS) is 10.1. The van der Waals surface area contributed by atoms with E-state index in [1.54, 1.807) is 55.5 Å². The zero-order chi connectivity index (χ0) is 19.9. The largest absolute Gasteiger partial charge is 0.497 e. The molecule has 0 aliphatic rings. The number of hydrogen-bond acceptors (Lipinski definition) is 9. The Labute approximate surface area is 191 Å². The second-order valence-corrected chi connectivity index (χ2v) is 12.4. The van der Waals surface area contributed by atoms with Gasteiger partial charge in [0.2, 0.25) is 0 Å². The van der Waals surface area contributed by atoms with Crippen LogP contribution < -0.4 is 4.74 Å². The lowest BCUT2D eigenvalue weighted by molar-refractivity contribution is 0.414. The Balaban J connectivity index is 0.000000237. The number of methoxy groups -OCH3 is 1. The maximum absolute atomic E-state index is 5.12. The Kier molecular flexibility index (Phi) is 12.9. The van der Waals surface area contributed by atoms with Gasteiger partial charge in [-0.2, -0.15) is 0 Å². The molecule has 0 unspecified atom stereocenters. The van der Waals surface area contributed by atoms with E-state index in [2.05, 4.69) is 33.8 Å². The summed E-state index contributed by atoms with van der Waals surface area (Å²) in [7, 11) is 10.1. The van der Waals surface area contributed by atoms with Crippen LogP contribution in [0, 0.1) is 0 Å². The van der Waals surface area contributed by atoms with Gasteiger partial charge in [-0.3, -0.25) is 9.97 Å². The van der Waals surface area contributed by atoms with E-state index in [0.29, 0.717) is 0 Å². The zero-order valence-electron chi connectivity index (χ0n) is 15.1. The van der Waals surface area contributed by atoms with E-state index in [4.69, 9.17) is 4.74 Å². The van der Waals surface area contributed by atoms with Crippen LogP contribution in [-0.2, 0) is 11.5 Å². The van der Waals surface area contributed by atoms with Crippen LogP contribution in [0.1, 0.15) is 11.4 Å². The van der Waals surface area contributed by atoms with Gasteiger partial charge in [-0.25, -0.2) is 0 Å². The molecule has 3 aromatic rings. The Morgan fingerprint density at radius 3 is 1.93 bits per heavy atom. The number of ether oxygens (including phenoxy) is 1. The van der Waals surface area contributed by atoms with Crippen LogP contribution in [0.3, 0.4) is 0 Å². The Morgan fingerprint density at radius 2 is 1.43 bits per heavy atom. The molecule has 9 heteroatoms. The van der Waals surface area contributed by atoms with Crippen molar-refractivity contribution in [3.63, 3.8) is 0 Å². The summed E-state index contributed by atoms with van der Waals surface area (Å²) in [5, 5.41) is 0. The molecule has 0 aliphatic carbocycles. The maximum atomic E-state index is 5.12. The number of aromatic nitrogens is 2. The Bertz CT molecular complexity index is 762. The first-order valence-electron chi connectivity index (χ1n) is 8.15. The fraction of sp³-hybridized carbons (Fsp3) is 0.158. The highest BCUT2D eigenvalue weighted by Crippen LogP contribution is 2.41. The molecule has 1 aromatic carbocycles. The third-order valence-electron chi connectivity index (χ3n) is 3.16. The minimum absolute atomic E-state index is 0.894. The highest BCUT2D eigenvalue weighted by atomic mass is 33.5. The topological polar surface area (TPSA) is 35.0 Å². The standard InChI is InChI=1S/C13H13NOS3.C6H7NS3/c1-15-12-5-7-13(8-6-12)17-18-16-10-11-4-2-3-9-14-11;8-10-9-5-6-3-1-2-4-7-6/h2-9H,10H2,1H3;1-4,8H,5H2. The lowest BCUT2D eigenvalue weighted by atomic mass is 10.3. The summed E-state index contributed by atoms with van der Waals surface area (Å²) in [5.41, 5.74) is 2.22. The molecule has 0 bridgehead atoms. The first kappa shape index (κ1) is 23.7. The van der Waals surface area contributed by atoms with Gasteiger partial charge in [-0.05, 0) is 79.0 Å². The summed E-state index contributed by atoms with van der Waals surface area (Å²) in [5.74, 6) is 2.74. The summed E-state index contributed by atoms with van der Waals surface area (Å²) < 4.78 is 5.12. The number of benzene rings is 1. The SMILES string of the molecule is COc1ccc(SSSCc2ccccn2)cc1.SSSCc1ccccn1. The van der Waals surface area contributed by atoms with Crippen LogP contribution in [0.4, 0.5) is 0 Å². The molecule has 0 fully saturated rings. The minimum atomic E-state index is 0.894. The molecule has 0 aliphatic heterocycles. The van der Waals surface area contributed by atoms with E-state index in [9.17, 15) is 0 Å². The van der Waals surface area contributed by atoms with Gasteiger partial charge >= 0.3 is 0 Å². The van der Waals surface area contributed by atoms with Crippen molar-refractivity contribution in [1.82, 2.24) is 9.97 Å². The molecule has 0 amide bonds. The Hall–Kier alpha value is -0.580. The molecule has 28 heavy (non-hydrogen) atoms. The van der Waals surface area contributed by atoms with E-state index in [0.717, 1.165) is 28.6 Å². The third kappa shape index (κ3) is 10.3. The van der Waals surface area contributed by atoms with Crippen LogP contribution in [-0.4, -0.2) is 17.1 Å². The fourth-order valence-electron chi connectivity index (χ4n) is 1.83. The monoisotopic (exact) mass is 484 g/mol. The number of nitrogens with zero attached hydrogens (tertiary/aromatic N) is 2. The first-order valence-corrected chi connectivity index (χ1v) is 15.2. The molecule has 3 nitrogen and oxygen atoms in total. The molecule has 2 aromatic heterocycles. The highest BCUT2D eigenvalue weighted by Gasteiger charge is 1.98. The second-order valence-electron chi connectivity index (χ2n) is 5.07. The van der Waals surface area contributed by atoms with Gasteiger partial charge in [0.1, 0.15) is 5.75 Å². The number of hydrogen-bond donors (Lipinski definition) is 1. The smallest absolute Gasteiger partial charge is 0.118 e. The Morgan fingerprint density at radius 1 is 0.821 bits per heavy atom. The van der Waals surface area contributed by atoms with E-state index in [1.165, 1.54) is 14.7 Å². The molecule has 0 saturated heterocycles. The fourth-order valence-corrected chi connectivity index (χ4v) is 6.68. The predicted molar refractivity (Wildman–Crippen MR) is 134 cm³/mol. The highest BCUT2D eigenvalue weighted by molar-refractivity contribution is 9.09. The molecule has 3 rings (SSSR count). The summed E-state index contributed by atoms with van der Waals surface area (Å²) in [6.45, 7) is 0. The van der Waals surface area contributed by atoms with Crippen LogP contribution >= 0.6 is 63.7 Å². The average Bonchev–Trinajstić information content (AvgIpc) is 2.77. The van der Waals surface area contributed by atoms with Crippen LogP contribution in [0.5, 0.6) is 5.75 Å². The molecule has 148 valence electrons. The first-order chi connectivity index (χ1) is 13.8. The summed E-state index contributed by atoms with van der Waals surface area (Å²) >= 11 is 4.00. The van der Waals surface area contributed by atoms with E-state index < -0.39 is 0 Å². The van der Waals surface area contributed by atoms with Crippen LogP contribution in [0.15, 0.2) is 78.0 Å². The average molecular weight is 485 g/mol. The van der Waals surface area contributed by atoms with Crippen molar-refractivity contribution in [3.05, 3.63) is 84.4 Å². The van der Waals surface area contributed by atoms with Gasteiger partial charge in [0.25, 0.3) is 0 Å². The van der Waals surface area contributed by atoms with Crippen LogP contribution in [0.2, 0.25) is 0 Å². The molecule has 0 atom stereocenters. The minimum Gasteiger partial charge on any atom is -0.497 e. The number of rotatable bonds is 9. The number of thiol groups is 1. The van der Waals surface area contributed by atoms with E-state index in [-0.39, 0.29) is 0 Å². The van der Waals surface area contributed by atoms with E-state index in [1.807, 2.05) is 54.7 Å². The van der Waals surface area contributed by atoms with Gasteiger partial charge < -0.3 is 4.74 Å². The van der Waals surface area contributed by atoms with Gasteiger partial charge in [0.05, 0.1) is 18.5 Å². The van der Waals surface area contributed by atoms with Crippen molar-refractivity contribution in [1.29, 1.82) is 0 Å². The quantitative estimate of drug-likeness (QED) is 0.190. The predicted octanol–water partition coefficient (Wildman–Crippen LogP) is 7.49. The molecule has 0 spiro atoms. The van der Waals surface area contributed by atoms with Crippen molar-refractivity contribution < 1.29 is 4.74 Å². The molecule has 0 radical (unpaired) electrons. The van der Waals surface area contributed by atoms with E-state index >= 15 is 0 Å². The second kappa shape index (κ2) is 15.3. The number of pyridine rings is 2. The maximum Gasteiger partial charge on any atom is 0.118 e. The molecule has 0 N–H and O–H groups in total. The summed E-state index contributed by atoms with van der Waals surface area (Å²) in [4.78, 5) is 9.66. The molecule has 2 heterocycles. The lowest BCUT2D eigenvalue weighted by Gasteiger charge is -2.02. The van der Waals surface area contributed by atoms with Crippen molar-refractivity contribution in [3.8, 4) is 5.75 Å². The van der Waals surface area contributed by atoms with Crippen LogP contribution in [0.25, 0.3) is 0 Å². The van der Waals surface area contributed by atoms with Gasteiger partial charge in [0.15, 0.2) is 0 Å². The summed E-state index contributed by atoms with van der Waals surface area (Å²) in [6.07, 6.45) is 3.64. The van der Waals surface area contributed by atoms with Crippen molar-refractivity contribution in [2.75, 3.05) is 7.11 Å². The van der Waals surface area contributed by atoms with Crippen molar-refractivity contribution in [2.24, 2.45) is 0 Å². The van der Waals surface area contributed by atoms with Crippen molar-refractivity contribution >= 4 is 63.7 Å². The van der Waals surface area contributed by atoms with Gasteiger partial charge in [-0.15, -0.1) is 0 Å². The summed E-state index contributed by atoms with van der Waals surface area (Å²) in [6, 6.07) is 20.0. The zero-order valence-corrected chi connectivity index (χ0v) is 20.1. The lowest BCUT2D eigenvalue weighted by Crippen LogP contribution is -1.82. The van der Waals surface area contributed by atoms with Gasteiger partial charge in [0, 0.05) is 28.8 Å². The van der Waals surface area contributed by atoms with Crippen molar-refractivity contribution in [2.45, 2.75) is 16.4 Å². The third-order valence-corrected chi connectivity index (χ3v) is 9.24. The molecule has 0 saturated carbocycles. The van der Waals surface area contributed by atoms with Gasteiger partial charge in [-0.1, -0.05) is 45.4 Å².